The Balaban J connectivity index is 1.49. The van der Waals surface area contributed by atoms with Crippen molar-refractivity contribution in [3.05, 3.63) is 65.9 Å². The number of hydrogen-bond donors (Lipinski definition) is 3. The van der Waals surface area contributed by atoms with Crippen molar-refractivity contribution in [3.8, 4) is 0 Å². The number of rotatable bonds is 5. The van der Waals surface area contributed by atoms with Crippen molar-refractivity contribution < 1.29 is 4.74 Å². The summed E-state index contributed by atoms with van der Waals surface area (Å²) in [7, 11) is 0. The molecule has 28 heavy (non-hydrogen) atoms. The molecule has 1 atom stereocenters. The third-order valence-corrected chi connectivity index (χ3v) is 5.07. The molecule has 2 aliphatic heterocycles. The van der Waals surface area contributed by atoms with Crippen molar-refractivity contribution in [2.45, 2.75) is 12.2 Å². The van der Waals surface area contributed by atoms with Crippen LogP contribution in [0.1, 0.15) is 16.7 Å². The summed E-state index contributed by atoms with van der Waals surface area (Å²) < 4.78 is 5.41. The van der Waals surface area contributed by atoms with Gasteiger partial charge in [0.2, 0.25) is 5.79 Å². The van der Waals surface area contributed by atoms with Crippen molar-refractivity contribution in [1.82, 2.24) is 20.2 Å². The van der Waals surface area contributed by atoms with E-state index in [4.69, 9.17) is 16.2 Å². The maximum Gasteiger partial charge on any atom is 0.211 e. The van der Waals surface area contributed by atoms with Crippen LogP contribution in [0.2, 0.25) is 0 Å². The Morgan fingerprint density at radius 3 is 2.71 bits per heavy atom. The van der Waals surface area contributed by atoms with Gasteiger partial charge in [-0.3, -0.25) is 10.6 Å². The van der Waals surface area contributed by atoms with E-state index in [0.717, 1.165) is 56.0 Å². The molecule has 2 aliphatic rings. The van der Waals surface area contributed by atoms with Gasteiger partial charge in [-0.25, -0.2) is 15.0 Å². The molecule has 8 heteroatoms. The third kappa shape index (κ3) is 4.04. The molecule has 8 nitrogen and oxygen atoms in total. The molecule has 2 aromatic rings. The molecule has 5 N–H and O–H groups in total. The summed E-state index contributed by atoms with van der Waals surface area (Å²) >= 11 is 0. The van der Waals surface area contributed by atoms with Gasteiger partial charge < -0.3 is 15.8 Å². The first kappa shape index (κ1) is 18.5. The third-order valence-electron chi connectivity index (χ3n) is 5.07. The summed E-state index contributed by atoms with van der Waals surface area (Å²) in [6.07, 6.45) is 7.59. The number of nitrogens with one attached hydrogen (secondary N) is 1. The van der Waals surface area contributed by atoms with Crippen molar-refractivity contribution in [1.29, 1.82) is 0 Å². The lowest BCUT2D eigenvalue weighted by Crippen LogP contribution is -2.50. The quantitative estimate of drug-likeness (QED) is 0.690. The normalized spacial score (nSPS) is 22.9. The first-order valence-corrected chi connectivity index (χ1v) is 9.41. The van der Waals surface area contributed by atoms with Crippen molar-refractivity contribution in [3.63, 3.8) is 0 Å². The largest absolute Gasteiger partial charge is 0.383 e. The predicted molar refractivity (Wildman–Crippen MR) is 108 cm³/mol. The van der Waals surface area contributed by atoms with E-state index in [1.807, 2.05) is 12.1 Å². The standard InChI is InChI=1S/C20H25N7O/c21-19-18(16-11-23-14-24-12-16)13-25-20(22,26-19)17-3-1-2-15(10-17)4-5-27-6-8-28-9-7-27/h1-3,10-14,25H,4-9,22H2,(H2,21,26). The van der Waals surface area contributed by atoms with Crippen molar-refractivity contribution in [2.24, 2.45) is 16.5 Å². The number of aliphatic imine (C=N–C) groups is 1. The molecule has 1 aromatic carbocycles. The molecule has 1 unspecified atom stereocenters. The van der Waals surface area contributed by atoms with Crippen LogP contribution in [0.15, 0.2) is 54.2 Å². The fraction of sp³-hybridized carbons (Fsp3) is 0.350. The monoisotopic (exact) mass is 379 g/mol. The van der Waals surface area contributed by atoms with Crippen LogP contribution in [-0.4, -0.2) is 53.6 Å². The number of hydrogen-bond acceptors (Lipinski definition) is 8. The van der Waals surface area contributed by atoms with E-state index in [0.29, 0.717) is 5.84 Å². The number of benzene rings is 1. The average Bonchev–Trinajstić information content (AvgIpc) is 2.74. The molecule has 146 valence electrons. The zero-order chi connectivity index (χ0) is 19.4. The molecule has 0 amide bonds. The molecule has 3 heterocycles. The van der Waals surface area contributed by atoms with E-state index in [9.17, 15) is 0 Å². The second-order valence-corrected chi connectivity index (χ2v) is 7.00. The lowest BCUT2D eigenvalue weighted by molar-refractivity contribution is 0.0384. The number of aromatic nitrogens is 2. The van der Waals surface area contributed by atoms with Crippen LogP contribution < -0.4 is 16.8 Å². The Bertz CT molecular complexity index is 877. The minimum absolute atomic E-state index is 0.356. The van der Waals surface area contributed by atoms with Gasteiger partial charge in [0.25, 0.3) is 0 Å². The molecular weight excluding hydrogens is 354 g/mol. The van der Waals surface area contributed by atoms with Crippen LogP contribution in [0, 0.1) is 0 Å². The van der Waals surface area contributed by atoms with E-state index < -0.39 is 5.79 Å². The molecule has 1 aromatic heterocycles. The Morgan fingerprint density at radius 1 is 1.18 bits per heavy atom. The average molecular weight is 379 g/mol. The second kappa shape index (κ2) is 8.05. The van der Waals surface area contributed by atoms with E-state index in [1.165, 1.54) is 11.9 Å². The Labute approximate surface area is 164 Å². The molecule has 0 bridgehead atoms. The number of nitrogens with two attached hydrogens (primary N) is 2. The smallest absolute Gasteiger partial charge is 0.211 e. The topological polar surface area (TPSA) is 115 Å². The van der Waals surface area contributed by atoms with Gasteiger partial charge in [0.1, 0.15) is 12.2 Å². The van der Waals surface area contributed by atoms with Crippen molar-refractivity contribution >= 4 is 11.4 Å². The molecule has 1 fully saturated rings. The van der Waals surface area contributed by atoms with Crippen LogP contribution in [-0.2, 0) is 16.9 Å². The van der Waals surface area contributed by atoms with Gasteiger partial charge in [-0.15, -0.1) is 0 Å². The van der Waals surface area contributed by atoms with Crippen LogP contribution >= 0.6 is 0 Å². The maximum absolute atomic E-state index is 6.54. The maximum atomic E-state index is 6.54. The van der Waals surface area contributed by atoms with Crippen LogP contribution in [0.3, 0.4) is 0 Å². The zero-order valence-electron chi connectivity index (χ0n) is 15.7. The van der Waals surface area contributed by atoms with E-state index in [-0.39, 0.29) is 0 Å². The Hall–Kier alpha value is -2.81. The highest BCUT2D eigenvalue weighted by molar-refractivity contribution is 6.22. The molecule has 0 radical (unpaired) electrons. The fourth-order valence-electron chi connectivity index (χ4n) is 3.43. The minimum Gasteiger partial charge on any atom is -0.383 e. The highest BCUT2D eigenvalue weighted by atomic mass is 16.5. The second-order valence-electron chi connectivity index (χ2n) is 7.00. The molecule has 0 aliphatic carbocycles. The number of morpholine rings is 1. The highest BCUT2D eigenvalue weighted by Crippen LogP contribution is 2.25. The summed E-state index contributed by atoms with van der Waals surface area (Å²) in [5, 5.41) is 3.19. The number of ether oxygens (including phenoxy) is 1. The summed E-state index contributed by atoms with van der Waals surface area (Å²) in [5.74, 6) is -0.743. The zero-order valence-corrected chi connectivity index (χ0v) is 15.7. The van der Waals surface area contributed by atoms with Crippen LogP contribution in [0.5, 0.6) is 0 Å². The van der Waals surface area contributed by atoms with Gasteiger partial charge in [0.15, 0.2) is 0 Å². The lowest BCUT2D eigenvalue weighted by Gasteiger charge is -2.31. The van der Waals surface area contributed by atoms with Crippen LogP contribution in [0.4, 0.5) is 0 Å². The summed E-state index contributed by atoms with van der Waals surface area (Å²) in [4.78, 5) is 15.0. The van der Waals surface area contributed by atoms with Gasteiger partial charge in [-0.2, -0.15) is 0 Å². The molecule has 4 rings (SSSR count). The number of amidine groups is 1. The van der Waals surface area contributed by atoms with E-state index >= 15 is 0 Å². The van der Waals surface area contributed by atoms with E-state index in [2.05, 4.69) is 37.3 Å². The fourth-order valence-corrected chi connectivity index (χ4v) is 3.43. The van der Waals surface area contributed by atoms with Crippen LogP contribution in [0.25, 0.3) is 5.57 Å². The van der Waals surface area contributed by atoms with Gasteiger partial charge in [-0.05, 0) is 12.0 Å². The van der Waals surface area contributed by atoms with Gasteiger partial charge in [0.05, 0.1) is 13.2 Å². The first-order chi connectivity index (χ1) is 13.6. The Kier molecular flexibility index (Phi) is 5.34. The predicted octanol–water partition coefficient (Wildman–Crippen LogP) is 0.422. The Morgan fingerprint density at radius 2 is 1.96 bits per heavy atom. The molecule has 0 spiro atoms. The molecule has 0 saturated carbocycles. The van der Waals surface area contributed by atoms with Gasteiger partial charge in [0, 0.05) is 54.9 Å². The SMILES string of the molecule is NC1=NC(N)(c2cccc(CCN3CCOCC3)c2)NC=C1c1cncnc1. The highest BCUT2D eigenvalue weighted by Gasteiger charge is 2.30. The van der Waals surface area contributed by atoms with Gasteiger partial charge in [-0.1, -0.05) is 24.3 Å². The summed E-state index contributed by atoms with van der Waals surface area (Å²) in [6, 6.07) is 8.18. The summed E-state index contributed by atoms with van der Waals surface area (Å²) in [6.45, 7) is 4.59. The first-order valence-electron chi connectivity index (χ1n) is 9.41. The lowest BCUT2D eigenvalue weighted by atomic mass is 10.0. The molecule has 1 saturated heterocycles. The van der Waals surface area contributed by atoms with Gasteiger partial charge >= 0.3 is 0 Å². The number of nitrogens with zero attached hydrogens (tertiary/aromatic N) is 4. The summed E-state index contributed by atoms with van der Waals surface area (Å²) in [5.41, 5.74) is 16.3. The van der Waals surface area contributed by atoms with Crippen molar-refractivity contribution in [2.75, 3.05) is 32.8 Å². The molecular formula is C20H25N7O. The minimum atomic E-state index is -1.10. The van der Waals surface area contributed by atoms with E-state index in [1.54, 1.807) is 18.6 Å².